The first kappa shape index (κ1) is 13.0. The number of carbonyl (C=O) groups is 1. The highest BCUT2D eigenvalue weighted by molar-refractivity contribution is 6.32. The Balaban J connectivity index is 1.96. The first-order chi connectivity index (χ1) is 8.58. The van der Waals surface area contributed by atoms with Crippen LogP contribution in [0, 0.1) is 5.82 Å². The van der Waals surface area contributed by atoms with E-state index >= 15 is 0 Å². The third-order valence-corrected chi connectivity index (χ3v) is 3.29. The number of hydrogen-bond acceptors (Lipinski definition) is 2. The minimum atomic E-state index is -0.919. The van der Waals surface area contributed by atoms with Crippen molar-refractivity contribution in [2.45, 2.75) is 18.9 Å². The minimum Gasteiger partial charge on any atom is -0.489 e. The van der Waals surface area contributed by atoms with Gasteiger partial charge < -0.3 is 14.7 Å². The van der Waals surface area contributed by atoms with Crippen LogP contribution in [-0.2, 0) is 0 Å². The predicted octanol–water partition coefficient (Wildman–Crippen LogP) is 3.00. The molecule has 6 heteroatoms. The molecule has 1 heterocycles. The second-order valence-corrected chi connectivity index (χ2v) is 4.52. The molecule has 1 N–H and O–H groups in total. The summed E-state index contributed by atoms with van der Waals surface area (Å²) in [4.78, 5) is 12.1. The topological polar surface area (TPSA) is 49.8 Å². The molecule has 0 atom stereocenters. The molecule has 0 radical (unpaired) electrons. The van der Waals surface area contributed by atoms with Crippen LogP contribution in [0.5, 0.6) is 5.75 Å². The summed E-state index contributed by atoms with van der Waals surface area (Å²) in [5, 5.41) is 8.78. The van der Waals surface area contributed by atoms with Gasteiger partial charge in [0.2, 0.25) is 0 Å². The number of ether oxygens (including phenoxy) is 1. The second kappa shape index (κ2) is 5.44. The maximum Gasteiger partial charge on any atom is 0.407 e. The molecule has 1 aliphatic rings. The van der Waals surface area contributed by atoms with Gasteiger partial charge in [0.25, 0.3) is 0 Å². The lowest BCUT2D eigenvalue weighted by Crippen LogP contribution is -2.41. The van der Waals surface area contributed by atoms with Crippen molar-refractivity contribution in [3.05, 3.63) is 29.0 Å². The van der Waals surface area contributed by atoms with Gasteiger partial charge in [0.1, 0.15) is 22.7 Å². The lowest BCUT2D eigenvalue weighted by atomic mass is 10.1. The molecule has 1 amide bonds. The van der Waals surface area contributed by atoms with Gasteiger partial charge in [0, 0.05) is 25.9 Å². The fourth-order valence-electron chi connectivity index (χ4n) is 1.92. The van der Waals surface area contributed by atoms with E-state index in [1.807, 2.05) is 0 Å². The first-order valence-electron chi connectivity index (χ1n) is 5.66. The number of hydrogen-bond donors (Lipinski definition) is 1. The summed E-state index contributed by atoms with van der Waals surface area (Å²) in [5.41, 5.74) is 0. The predicted molar refractivity (Wildman–Crippen MR) is 64.7 cm³/mol. The van der Waals surface area contributed by atoms with Crippen molar-refractivity contribution in [3.63, 3.8) is 0 Å². The molecule has 98 valence electrons. The van der Waals surface area contributed by atoms with Crippen LogP contribution in [-0.4, -0.2) is 35.3 Å². The van der Waals surface area contributed by atoms with Crippen molar-refractivity contribution in [1.29, 1.82) is 0 Å². The van der Waals surface area contributed by atoms with Crippen LogP contribution in [0.3, 0.4) is 0 Å². The van der Waals surface area contributed by atoms with Crippen molar-refractivity contribution in [2.24, 2.45) is 0 Å². The smallest absolute Gasteiger partial charge is 0.407 e. The molecule has 1 aromatic rings. The highest BCUT2D eigenvalue weighted by Crippen LogP contribution is 2.29. The normalized spacial score (nSPS) is 16.7. The Bertz CT molecular complexity index is 447. The van der Waals surface area contributed by atoms with E-state index in [4.69, 9.17) is 21.4 Å². The van der Waals surface area contributed by atoms with Crippen LogP contribution in [0.1, 0.15) is 12.8 Å². The van der Waals surface area contributed by atoms with E-state index < -0.39 is 11.9 Å². The number of rotatable bonds is 2. The van der Waals surface area contributed by atoms with E-state index in [0.717, 1.165) is 0 Å². The van der Waals surface area contributed by atoms with Gasteiger partial charge in [-0.15, -0.1) is 0 Å². The van der Waals surface area contributed by atoms with Crippen LogP contribution in [0.4, 0.5) is 9.18 Å². The lowest BCUT2D eigenvalue weighted by Gasteiger charge is -2.30. The number of amides is 1. The number of nitrogens with zero attached hydrogens (tertiary/aromatic N) is 1. The molecule has 2 rings (SSSR count). The van der Waals surface area contributed by atoms with Crippen molar-refractivity contribution >= 4 is 17.7 Å². The zero-order valence-corrected chi connectivity index (χ0v) is 10.4. The zero-order valence-electron chi connectivity index (χ0n) is 9.60. The molecule has 0 aliphatic carbocycles. The lowest BCUT2D eigenvalue weighted by molar-refractivity contribution is 0.0894. The molecular formula is C12H13ClFNO3. The van der Waals surface area contributed by atoms with Crippen molar-refractivity contribution in [3.8, 4) is 5.75 Å². The Kier molecular flexibility index (Phi) is 3.91. The van der Waals surface area contributed by atoms with E-state index in [2.05, 4.69) is 0 Å². The van der Waals surface area contributed by atoms with E-state index in [9.17, 15) is 9.18 Å². The van der Waals surface area contributed by atoms with Crippen molar-refractivity contribution < 1.29 is 19.0 Å². The summed E-state index contributed by atoms with van der Waals surface area (Å²) in [7, 11) is 0. The number of halogens is 2. The minimum absolute atomic E-state index is 0.0295. The molecule has 18 heavy (non-hydrogen) atoms. The Hall–Kier alpha value is -1.49. The van der Waals surface area contributed by atoms with Crippen LogP contribution in [0.25, 0.3) is 0 Å². The Labute approximate surface area is 109 Å². The summed E-state index contributed by atoms with van der Waals surface area (Å²) in [5.74, 6) is -0.206. The molecule has 0 bridgehead atoms. The van der Waals surface area contributed by atoms with Crippen LogP contribution in [0.2, 0.25) is 5.02 Å². The average Bonchev–Trinajstić information content (AvgIpc) is 2.36. The Morgan fingerprint density at radius 2 is 2.11 bits per heavy atom. The zero-order chi connectivity index (χ0) is 13.1. The first-order valence-corrected chi connectivity index (χ1v) is 6.04. The monoisotopic (exact) mass is 273 g/mol. The molecule has 1 aliphatic heterocycles. The highest BCUT2D eigenvalue weighted by Gasteiger charge is 2.24. The van der Waals surface area contributed by atoms with Gasteiger partial charge in [-0.05, 0) is 12.1 Å². The standard InChI is InChI=1S/C12H13ClFNO3/c13-11-9(14)2-1-3-10(11)18-8-4-6-15(7-5-8)12(16)17/h1-3,8H,4-7H2,(H,16,17). The van der Waals surface area contributed by atoms with Gasteiger partial charge in [-0.1, -0.05) is 17.7 Å². The van der Waals surface area contributed by atoms with Crippen LogP contribution >= 0.6 is 11.6 Å². The van der Waals surface area contributed by atoms with Gasteiger partial charge in [-0.2, -0.15) is 0 Å². The third kappa shape index (κ3) is 2.85. The number of likely N-dealkylation sites (tertiary alicyclic amines) is 1. The molecular weight excluding hydrogens is 261 g/mol. The summed E-state index contributed by atoms with van der Waals surface area (Å²) in [6.07, 6.45) is 0.121. The third-order valence-electron chi connectivity index (χ3n) is 2.92. The van der Waals surface area contributed by atoms with Gasteiger partial charge in [-0.3, -0.25) is 0 Å². The van der Waals surface area contributed by atoms with Crippen LogP contribution in [0.15, 0.2) is 18.2 Å². The van der Waals surface area contributed by atoms with E-state index in [-0.39, 0.29) is 11.1 Å². The fraction of sp³-hybridized carbons (Fsp3) is 0.417. The SMILES string of the molecule is O=C(O)N1CCC(Oc2cccc(F)c2Cl)CC1. The summed E-state index contributed by atoms with van der Waals surface area (Å²) in [6, 6.07) is 4.40. The maximum atomic E-state index is 13.2. The van der Waals surface area contributed by atoms with Crippen molar-refractivity contribution in [1.82, 2.24) is 4.90 Å². The summed E-state index contributed by atoms with van der Waals surface area (Å²) in [6.45, 7) is 0.847. The largest absolute Gasteiger partial charge is 0.489 e. The molecule has 0 spiro atoms. The fourth-order valence-corrected chi connectivity index (χ4v) is 2.09. The van der Waals surface area contributed by atoms with E-state index in [0.29, 0.717) is 31.7 Å². The average molecular weight is 274 g/mol. The quantitative estimate of drug-likeness (QED) is 0.901. The number of carboxylic acid groups (broad SMARTS) is 1. The van der Waals surface area contributed by atoms with Gasteiger partial charge in [0.15, 0.2) is 0 Å². The Morgan fingerprint density at radius 1 is 1.44 bits per heavy atom. The van der Waals surface area contributed by atoms with Crippen molar-refractivity contribution in [2.75, 3.05) is 13.1 Å². The molecule has 1 aromatic carbocycles. The van der Waals surface area contributed by atoms with Gasteiger partial charge in [0.05, 0.1) is 0 Å². The number of benzene rings is 1. The van der Waals surface area contributed by atoms with Crippen LogP contribution < -0.4 is 4.74 Å². The van der Waals surface area contributed by atoms with Gasteiger partial charge in [-0.25, -0.2) is 9.18 Å². The van der Waals surface area contributed by atoms with E-state index in [1.54, 1.807) is 6.07 Å². The molecule has 0 unspecified atom stereocenters. The molecule has 4 nitrogen and oxygen atoms in total. The summed E-state index contributed by atoms with van der Waals surface area (Å²) >= 11 is 5.79. The second-order valence-electron chi connectivity index (χ2n) is 4.14. The van der Waals surface area contributed by atoms with E-state index in [1.165, 1.54) is 17.0 Å². The van der Waals surface area contributed by atoms with Gasteiger partial charge >= 0.3 is 6.09 Å². The maximum absolute atomic E-state index is 13.2. The summed E-state index contributed by atoms with van der Waals surface area (Å²) < 4.78 is 18.8. The Morgan fingerprint density at radius 3 is 2.72 bits per heavy atom. The highest BCUT2D eigenvalue weighted by atomic mass is 35.5. The molecule has 1 saturated heterocycles. The molecule has 0 saturated carbocycles. The molecule has 0 aromatic heterocycles. The number of piperidine rings is 1. The molecule has 1 fully saturated rings.